The number of rotatable bonds is 10. The zero-order chi connectivity index (χ0) is 18.8. The average Bonchev–Trinajstić information content (AvgIpc) is 2.65. The standard InChI is InChI=1S/C20H21NO5/c1-3-7-17-10-16(11-18(24-2)20(17)25-14-19(22)23)12-21-26-13-15-8-5-4-6-9-15/h3-6,8-12H,1,7,13-14H2,2H3,(H,22,23)/b21-12+. The molecule has 2 aromatic carbocycles. The maximum atomic E-state index is 10.8. The number of aliphatic carboxylic acids is 1. The van der Waals surface area contributed by atoms with E-state index in [-0.39, 0.29) is 0 Å². The van der Waals surface area contributed by atoms with Gasteiger partial charge in [-0.2, -0.15) is 0 Å². The summed E-state index contributed by atoms with van der Waals surface area (Å²) < 4.78 is 10.7. The second-order valence-corrected chi connectivity index (χ2v) is 5.38. The summed E-state index contributed by atoms with van der Waals surface area (Å²) in [6.07, 6.45) is 3.77. The Morgan fingerprint density at radius 2 is 2.04 bits per heavy atom. The van der Waals surface area contributed by atoms with E-state index in [9.17, 15) is 4.79 Å². The summed E-state index contributed by atoms with van der Waals surface area (Å²) in [7, 11) is 1.49. The van der Waals surface area contributed by atoms with Crippen LogP contribution in [0.2, 0.25) is 0 Å². The molecule has 0 aliphatic carbocycles. The SMILES string of the molecule is C=CCc1cc(/C=N/OCc2ccccc2)cc(OC)c1OCC(=O)O. The zero-order valence-corrected chi connectivity index (χ0v) is 14.6. The second-order valence-electron chi connectivity index (χ2n) is 5.38. The number of carbonyl (C=O) groups is 1. The van der Waals surface area contributed by atoms with Crippen molar-refractivity contribution in [3.8, 4) is 11.5 Å². The molecular weight excluding hydrogens is 334 g/mol. The van der Waals surface area contributed by atoms with Crippen LogP contribution in [0.3, 0.4) is 0 Å². The smallest absolute Gasteiger partial charge is 0.341 e. The quantitative estimate of drug-likeness (QED) is 0.401. The molecule has 26 heavy (non-hydrogen) atoms. The van der Waals surface area contributed by atoms with Gasteiger partial charge in [-0.05, 0) is 24.1 Å². The van der Waals surface area contributed by atoms with Crippen molar-refractivity contribution in [3.05, 3.63) is 71.8 Å². The van der Waals surface area contributed by atoms with Crippen molar-refractivity contribution in [3.63, 3.8) is 0 Å². The summed E-state index contributed by atoms with van der Waals surface area (Å²) in [5, 5.41) is 12.8. The first-order valence-corrected chi connectivity index (χ1v) is 7.99. The van der Waals surface area contributed by atoms with Crippen molar-refractivity contribution in [2.24, 2.45) is 5.16 Å². The Morgan fingerprint density at radius 3 is 2.69 bits per heavy atom. The lowest BCUT2D eigenvalue weighted by Gasteiger charge is -2.14. The van der Waals surface area contributed by atoms with E-state index in [0.29, 0.717) is 24.5 Å². The molecule has 6 heteroatoms. The molecule has 0 unspecified atom stereocenters. The van der Waals surface area contributed by atoms with E-state index in [1.807, 2.05) is 36.4 Å². The van der Waals surface area contributed by atoms with E-state index in [1.165, 1.54) is 7.11 Å². The third-order valence-electron chi connectivity index (χ3n) is 3.43. The van der Waals surface area contributed by atoms with Crippen molar-refractivity contribution in [2.75, 3.05) is 13.7 Å². The molecule has 1 N–H and O–H groups in total. The highest BCUT2D eigenvalue weighted by Crippen LogP contribution is 2.33. The lowest BCUT2D eigenvalue weighted by atomic mass is 10.1. The van der Waals surface area contributed by atoms with Crippen LogP contribution in [0.4, 0.5) is 0 Å². The molecule has 0 bridgehead atoms. The molecule has 0 aromatic heterocycles. The topological polar surface area (TPSA) is 77.3 Å². The highest BCUT2D eigenvalue weighted by atomic mass is 16.6. The fourth-order valence-corrected chi connectivity index (χ4v) is 2.30. The average molecular weight is 355 g/mol. The molecule has 0 aliphatic rings. The van der Waals surface area contributed by atoms with Gasteiger partial charge in [-0.15, -0.1) is 6.58 Å². The van der Waals surface area contributed by atoms with Gasteiger partial charge in [0.1, 0.15) is 6.61 Å². The van der Waals surface area contributed by atoms with E-state index in [0.717, 1.165) is 16.7 Å². The third-order valence-corrected chi connectivity index (χ3v) is 3.43. The molecular formula is C20H21NO5. The molecule has 2 aromatic rings. The molecule has 0 aliphatic heterocycles. The molecule has 2 rings (SSSR count). The molecule has 0 radical (unpaired) electrons. The Bertz CT molecular complexity index is 771. The molecule has 0 saturated heterocycles. The number of hydrogen-bond donors (Lipinski definition) is 1. The molecule has 6 nitrogen and oxygen atoms in total. The van der Waals surface area contributed by atoms with Gasteiger partial charge in [-0.3, -0.25) is 0 Å². The minimum atomic E-state index is -1.06. The van der Waals surface area contributed by atoms with Crippen LogP contribution in [0.5, 0.6) is 11.5 Å². The monoisotopic (exact) mass is 355 g/mol. The first kappa shape index (κ1) is 19.1. The van der Waals surface area contributed by atoms with E-state index in [4.69, 9.17) is 19.4 Å². The summed E-state index contributed by atoms with van der Waals surface area (Å²) in [6, 6.07) is 13.3. The van der Waals surface area contributed by atoms with Crippen LogP contribution in [0.15, 0.2) is 60.3 Å². The van der Waals surface area contributed by atoms with Crippen molar-refractivity contribution in [2.45, 2.75) is 13.0 Å². The van der Waals surface area contributed by atoms with E-state index in [1.54, 1.807) is 18.4 Å². The lowest BCUT2D eigenvalue weighted by Crippen LogP contribution is -2.11. The molecule has 0 fully saturated rings. The van der Waals surface area contributed by atoms with Crippen LogP contribution in [0.1, 0.15) is 16.7 Å². The van der Waals surface area contributed by atoms with Crippen molar-refractivity contribution < 1.29 is 24.2 Å². The van der Waals surface area contributed by atoms with Crippen molar-refractivity contribution in [1.29, 1.82) is 0 Å². The minimum Gasteiger partial charge on any atom is -0.493 e. The molecule has 0 saturated carbocycles. The number of ether oxygens (including phenoxy) is 2. The molecule has 0 amide bonds. The molecule has 136 valence electrons. The third kappa shape index (κ3) is 5.66. The Labute approximate surface area is 152 Å². The number of benzene rings is 2. The van der Waals surface area contributed by atoms with Gasteiger partial charge in [0, 0.05) is 11.1 Å². The summed E-state index contributed by atoms with van der Waals surface area (Å²) >= 11 is 0. The Kier molecular flexibility index (Phi) is 7.24. The van der Waals surface area contributed by atoms with Crippen LogP contribution in [0.25, 0.3) is 0 Å². The summed E-state index contributed by atoms with van der Waals surface area (Å²) in [5.74, 6) is -0.246. The van der Waals surface area contributed by atoms with Crippen molar-refractivity contribution in [1.82, 2.24) is 0 Å². The molecule has 0 atom stereocenters. The zero-order valence-electron chi connectivity index (χ0n) is 14.6. The Morgan fingerprint density at radius 1 is 1.27 bits per heavy atom. The highest BCUT2D eigenvalue weighted by molar-refractivity contribution is 5.81. The first-order chi connectivity index (χ1) is 12.6. The number of hydrogen-bond acceptors (Lipinski definition) is 5. The van der Waals surface area contributed by atoms with Gasteiger partial charge in [0.2, 0.25) is 0 Å². The highest BCUT2D eigenvalue weighted by Gasteiger charge is 2.13. The van der Waals surface area contributed by atoms with Gasteiger partial charge in [0.15, 0.2) is 18.1 Å². The maximum absolute atomic E-state index is 10.8. The normalized spacial score (nSPS) is 10.5. The molecule has 0 spiro atoms. The fraction of sp³-hybridized carbons (Fsp3) is 0.200. The predicted octanol–water partition coefficient (Wildman–Crippen LogP) is 3.44. The van der Waals surface area contributed by atoms with Crippen molar-refractivity contribution >= 4 is 12.2 Å². The number of carboxylic acid groups (broad SMARTS) is 1. The van der Waals surface area contributed by atoms with E-state index in [2.05, 4.69) is 11.7 Å². The van der Waals surface area contributed by atoms with Gasteiger partial charge < -0.3 is 19.4 Å². The Balaban J connectivity index is 2.14. The summed E-state index contributed by atoms with van der Waals surface area (Å²) in [5.41, 5.74) is 2.52. The number of oxime groups is 1. The fourth-order valence-electron chi connectivity index (χ4n) is 2.30. The Hall–Kier alpha value is -3.28. The summed E-state index contributed by atoms with van der Waals surface area (Å²) in [4.78, 5) is 16.1. The van der Waals surface area contributed by atoms with Gasteiger partial charge in [-0.1, -0.05) is 41.6 Å². The number of nitrogens with zero attached hydrogens (tertiary/aromatic N) is 1. The van der Waals surface area contributed by atoms with Crippen LogP contribution in [-0.4, -0.2) is 31.0 Å². The number of methoxy groups -OCH3 is 1. The van der Waals surface area contributed by atoms with Crippen LogP contribution < -0.4 is 9.47 Å². The van der Waals surface area contributed by atoms with Crippen LogP contribution >= 0.6 is 0 Å². The van der Waals surface area contributed by atoms with Crippen LogP contribution in [0, 0.1) is 0 Å². The first-order valence-electron chi connectivity index (χ1n) is 7.99. The van der Waals surface area contributed by atoms with E-state index < -0.39 is 12.6 Å². The van der Waals surface area contributed by atoms with Gasteiger partial charge >= 0.3 is 5.97 Å². The number of carboxylic acids is 1. The lowest BCUT2D eigenvalue weighted by molar-refractivity contribution is -0.139. The van der Waals surface area contributed by atoms with Crippen LogP contribution in [-0.2, 0) is 22.7 Å². The minimum absolute atomic E-state index is 0.369. The van der Waals surface area contributed by atoms with E-state index >= 15 is 0 Å². The molecule has 0 heterocycles. The maximum Gasteiger partial charge on any atom is 0.341 e. The number of allylic oxidation sites excluding steroid dienone is 1. The predicted molar refractivity (Wildman–Crippen MR) is 98.9 cm³/mol. The van der Waals surface area contributed by atoms with Gasteiger partial charge in [-0.25, -0.2) is 4.79 Å². The largest absolute Gasteiger partial charge is 0.493 e. The van der Waals surface area contributed by atoms with Gasteiger partial charge in [0.05, 0.1) is 13.3 Å². The summed E-state index contributed by atoms with van der Waals surface area (Å²) in [6.45, 7) is 3.63. The second kappa shape index (κ2) is 9.88. The van der Waals surface area contributed by atoms with Gasteiger partial charge in [0.25, 0.3) is 0 Å².